The Bertz CT molecular complexity index is 578. The predicted octanol–water partition coefficient (Wildman–Crippen LogP) is -0.341. The molecule has 0 atom stereocenters. The van der Waals surface area contributed by atoms with Gasteiger partial charge in [0.25, 0.3) is 20.2 Å². The van der Waals surface area contributed by atoms with Gasteiger partial charge < -0.3 is 0 Å². The average Bonchev–Trinajstić information content (AvgIpc) is 2.32. The molecular formula is C10H16N2O6S2. The van der Waals surface area contributed by atoms with Gasteiger partial charge in [-0.05, 0) is 12.1 Å². The molecule has 114 valence electrons. The van der Waals surface area contributed by atoms with E-state index in [1.165, 1.54) is 4.90 Å². The Morgan fingerprint density at radius 1 is 1.00 bits per heavy atom. The fourth-order valence-electron chi connectivity index (χ4n) is 1.48. The standard InChI is InChI=1S/C10H16N2O6S2/c13-19(14,15)7-5-12(6-8-20(16,17)18)9-10-3-1-2-4-11-10/h1-4H,5-9H2,(H,13,14,15)(H,16,17,18). The molecule has 0 spiro atoms. The summed E-state index contributed by atoms with van der Waals surface area (Å²) < 4.78 is 60.4. The van der Waals surface area contributed by atoms with Crippen LogP contribution in [0.3, 0.4) is 0 Å². The van der Waals surface area contributed by atoms with Gasteiger partial charge in [0.15, 0.2) is 0 Å². The minimum atomic E-state index is -4.14. The highest BCUT2D eigenvalue weighted by molar-refractivity contribution is 7.86. The Morgan fingerprint density at radius 2 is 1.55 bits per heavy atom. The lowest BCUT2D eigenvalue weighted by molar-refractivity contribution is 0.289. The van der Waals surface area contributed by atoms with Crippen LogP contribution in [0.2, 0.25) is 0 Å². The van der Waals surface area contributed by atoms with E-state index < -0.39 is 31.7 Å². The zero-order chi connectivity index (χ0) is 15.2. The number of hydrogen-bond acceptors (Lipinski definition) is 6. The third-order valence-electron chi connectivity index (χ3n) is 2.44. The Hall–Kier alpha value is -1.07. The highest BCUT2D eigenvalue weighted by atomic mass is 32.2. The topological polar surface area (TPSA) is 125 Å². The van der Waals surface area contributed by atoms with Crippen molar-refractivity contribution >= 4 is 20.2 Å². The zero-order valence-corrected chi connectivity index (χ0v) is 12.2. The van der Waals surface area contributed by atoms with E-state index in [-0.39, 0.29) is 19.6 Å². The lowest BCUT2D eigenvalue weighted by Gasteiger charge is -2.20. The molecule has 0 bridgehead atoms. The fraction of sp³-hybridized carbons (Fsp3) is 0.500. The van der Waals surface area contributed by atoms with Gasteiger partial charge in [0, 0.05) is 25.8 Å². The summed E-state index contributed by atoms with van der Waals surface area (Å²) in [6.45, 7) is 0.0851. The molecule has 10 heteroatoms. The van der Waals surface area contributed by atoms with E-state index in [2.05, 4.69) is 4.98 Å². The number of aromatic nitrogens is 1. The Balaban J connectivity index is 2.68. The molecule has 1 rings (SSSR count). The van der Waals surface area contributed by atoms with Crippen molar-refractivity contribution in [2.45, 2.75) is 6.54 Å². The minimum absolute atomic E-state index is 0.0646. The van der Waals surface area contributed by atoms with E-state index >= 15 is 0 Å². The molecule has 0 saturated heterocycles. The quantitative estimate of drug-likeness (QED) is 0.622. The summed E-state index contributed by atoms with van der Waals surface area (Å²) >= 11 is 0. The van der Waals surface area contributed by atoms with Gasteiger partial charge >= 0.3 is 0 Å². The van der Waals surface area contributed by atoms with Crippen LogP contribution in [-0.2, 0) is 26.8 Å². The summed E-state index contributed by atoms with van der Waals surface area (Å²) in [6, 6.07) is 5.16. The number of pyridine rings is 1. The summed E-state index contributed by atoms with van der Waals surface area (Å²) in [5.41, 5.74) is 0.623. The molecular weight excluding hydrogens is 308 g/mol. The molecule has 0 aromatic carbocycles. The molecule has 20 heavy (non-hydrogen) atoms. The zero-order valence-electron chi connectivity index (χ0n) is 10.6. The van der Waals surface area contributed by atoms with Crippen molar-refractivity contribution in [3.63, 3.8) is 0 Å². The van der Waals surface area contributed by atoms with Crippen LogP contribution in [0.4, 0.5) is 0 Å². The molecule has 0 aliphatic carbocycles. The van der Waals surface area contributed by atoms with Gasteiger partial charge in [-0.15, -0.1) is 0 Å². The van der Waals surface area contributed by atoms with E-state index in [4.69, 9.17) is 9.11 Å². The van der Waals surface area contributed by atoms with E-state index in [0.29, 0.717) is 5.69 Å². The summed E-state index contributed by atoms with van der Waals surface area (Å²) in [5, 5.41) is 0. The van der Waals surface area contributed by atoms with Gasteiger partial charge in [0.1, 0.15) is 0 Å². The van der Waals surface area contributed by atoms with E-state index in [0.717, 1.165) is 0 Å². The lowest BCUT2D eigenvalue weighted by atomic mass is 10.3. The molecule has 1 aromatic rings. The molecule has 8 nitrogen and oxygen atoms in total. The Labute approximate surface area is 117 Å². The molecule has 1 heterocycles. The first-order valence-electron chi connectivity index (χ1n) is 5.68. The number of hydrogen-bond donors (Lipinski definition) is 2. The summed E-state index contributed by atoms with van der Waals surface area (Å²) in [6.07, 6.45) is 1.55. The molecule has 0 radical (unpaired) electrons. The first-order chi connectivity index (χ1) is 9.16. The van der Waals surface area contributed by atoms with Crippen LogP contribution < -0.4 is 0 Å². The first kappa shape index (κ1) is 17.0. The van der Waals surface area contributed by atoms with Gasteiger partial charge in [-0.2, -0.15) is 16.8 Å². The third kappa shape index (κ3) is 8.17. The molecule has 0 unspecified atom stereocenters. The van der Waals surface area contributed by atoms with Crippen molar-refractivity contribution < 1.29 is 25.9 Å². The Morgan fingerprint density at radius 3 is 1.95 bits per heavy atom. The molecule has 0 aliphatic rings. The van der Waals surface area contributed by atoms with Crippen LogP contribution in [0.15, 0.2) is 24.4 Å². The monoisotopic (exact) mass is 324 g/mol. The van der Waals surface area contributed by atoms with Crippen molar-refractivity contribution in [1.29, 1.82) is 0 Å². The molecule has 0 aliphatic heterocycles. The molecule has 0 fully saturated rings. The fourth-order valence-corrected chi connectivity index (χ4v) is 2.46. The normalized spacial score (nSPS) is 12.8. The van der Waals surface area contributed by atoms with Crippen LogP contribution in [-0.4, -0.2) is 60.4 Å². The van der Waals surface area contributed by atoms with Gasteiger partial charge in [0.05, 0.1) is 17.2 Å². The Kier molecular flexibility index (Phi) is 6.02. The van der Waals surface area contributed by atoms with Crippen molar-refractivity contribution in [2.24, 2.45) is 0 Å². The van der Waals surface area contributed by atoms with Gasteiger partial charge in [-0.3, -0.25) is 19.0 Å². The first-order valence-corrected chi connectivity index (χ1v) is 8.90. The number of nitrogens with zero attached hydrogens (tertiary/aromatic N) is 2. The van der Waals surface area contributed by atoms with Crippen LogP contribution in [0, 0.1) is 0 Å². The van der Waals surface area contributed by atoms with Crippen molar-refractivity contribution in [3.8, 4) is 0 Å². The SMILES string of the molecule is O=S(=O)(O)CCN(CCS(=O)(=O)O)Cc1ccccn1. The smallest absolute Gasteiger partial charge is 0.266 e. The molecule has 0 saturated carbocycles. The van der Waals surface area contributed by atoms with Gasteiger partial charge in [0.2, 0.25) is 0 Å². The van der Waals surface area contributed by atoms with Crippen LogP contribution in [0.25, 0.3) is 0 Å². The van der Waals surface area contributed by atoms with E-state index in [1.54, 1.807) is 24.4 Å². The second-order valence-electron chi connectivity index (χ2n) is 4.17. The van der Waals surface area contributed by atoms with Crippen LogP contribution in [0.5, 0.6) is 0 Å². The second kappa shape index (κ2) is 7.09. The highest BCUT2D eigenvalue weighted by Crippen LogP contribution is 2.02. The highest BCUT2D eigenvalue weighted by Gasteiger charge is 2.14. The summed E-state index contributed by atoms with van der Waals surface area (Å²) in [5.74, 6) is -1.05. The van der Waals surface area contributed by atoms with Crippen molar-refractivity contribution in [2.75, 3.05) is 24.6 Å². The van der Waals surface area contributed by atoms with Crippen molar-refractivity contribution in [1.82, 2.24) is 9.88 Å². The molecule has 0 amide bonds. The molecule has 2 N–H and O–H groups in total. The average molecular weight is 324 g/mol. The second-order valence-corrected chi connectivity index (χ2v) is 7.31. The maximum Gasteiger partial charge on any atom is 0.266 e. The summed E-state index contributed by atoms with van der Waals surface area (Å²) in [7, 11) is -8.28. The third-order valence-corrected chi connectivity index (χ3v) is 3.84. The van der Waals surface area contributed by atoms with E-state index in [9.17, 15) is 16.8 Å². The maximum atomic E-state index is 10.7. The number of rotatable bonds is 8. The van der Waals surface area contributed by atoms with Gasteiger partial charge in [-0.1, -0.05) is 6.07 Å². The molecule has 1 aromatic heterocycles. The largest absolute Gasteiger partial charge is 0.295 e. The van der Waals surface area contributed by atoms with Crippen LogP contribution in [0.1, 0.15) is 5.69 Å². The van der Waals surface area contributed by atoms with Crippen LogP contribution >= 0.6 is 0 Å². The summed E-state index contributed by atoms with van der Waals surface area (Å²) in [4.78, 5) is 5.52. The van der Waals surface area contributed by atoms with Gasteiger partial charge in [-0.25, -0.2) is 0 Å². The predicted molar refractivity (Wildman–Crippen MR) is 72.3 cm³/mol. The maximum absolute atomic E-state index is 10.7. The van der Waals surface area contributed by atoms with E-state index in [1.807, 2.05) is 0 Å². The van der Waals surface area contributed by atoms with Crippen molar-refractivity contribution in [3.05, 3.63) is 30.1 Å². The lowest BCUT2D eigenvalue weighted by Crippen LogP contribution is -2.33. The minimum Gasteiger partial charge on any atom is -0.295 e.